The van der Waals surface area contributed by atoms with Crippen molar-refractivity contribution in [3.63, 3.8) is 0 Å². The van der Waals surface area contributed by atoms with Crippen molar-refractivity contribution in [3.05, 3.63) is 0 Å². The molecule has 0 N–H and O–H groups in total. The fourth-order valence-electron chi connectivity index (χ4n) is 1.37. The largest absolute Gasteiger partial charge is 0.338 e. The van der Waals surface area contributed by atoms with Crippen LogP contribution in [0.3, 0.4) is 0 Å². The lowest BCUT2D eigenvalue weighted by Gasteiger charge is -2.29. The minimum Gasteiger partial charge on any atom is -0.329 e. The van der Waals surface area contributed by atoms with Crippen LogP contribution in [0.5, 0.6) is 0 Å². The maximum absolute atomic E-state index is 11.5. The zero-order valence-corrected chi connectivity index (χ0v) is 8.28. The first-order valence-corrected chi connectivity index (χ1v) is 4.31. The first-order chi connectivity index (χ1) is 6.04. The Bertz CT molecular complexity index is 227. The van der Waals surface area contributed by atoms with E-state index in [-0.39, 0.29) is 11.9 Å². The number of rotatable bonds is 0. The molecule has 1 aliphatic heterocycles. The minimum atomic E-state index is -0.132. The smallest absolute Gasteiger partial charge is 0.329 e. The number of carbonyl (C=O) groups is 2. The van der Waals surface area contributed by atoms with E-state index in [0.29, 0.717) is 13.1 Å². The predicted molar refractivity (Wildman–Crippen MR) is 47.8 cm³/mol. The lowest BCUT2D eigenvalue weighted by Crippen LogP contribution is -2.48. The Morgan fingerprint density at radius 2 is 1.69 bits per heavy atom. The van der Waals surface area contributed by atoms with Crippen molar-refractivity contribution in [2.75, 3.05) is 27.2 Å². The quantitative estimate of drug-likeness (QED) is 0.538. The number of hydrazine groups is 1. The highest BCUT2D eigenvalue weighted by molar-refractivity contribution is 5.80. The highest BCUT2D eigenvalue weighted by atomic mass is 16.2. The number of carbonyl (C=O) groups excluding carboxylic acids is 2. The van der Waals surface area contributed by atoms with Crippen LogP contribution in [0, 0.1) is 0 Å². The summed E-state index contributed by atoms with van der Waals surface area (Å²) in [5.41, 5.74) is 0. The molecule has 74 valence electrons. The molecular weight excluding hydrogens is 170 g/mol. The molecule has 1 rings (SSSR count). The van der Waals surface area contributed by atoms with Gasteiger partial charge in [-0.2, -0.15) is 0 Å². The van der Waals surface area contributed by atoms with Gasteiger partial charge in [0.15, 0.2) is 0 Å². The SMILES string of the molecule is CC(=O)N1CCCN1C(=O)N(C)C. The standard InChI is InChI=1S/C8H15N3O2/c1-7(12)10-5-4-6-11(10)8(13)9(2)3/h4-6H2,1-3H3. The summed E-state index contributed by atoms with van der Waals surface area (Å²) < 4.78 is 0. The average Bonchev–Trinajstić information content (AvgIpc) is 2.50. The summed E-state index contributed by atoms with van der Waals surface area (Å²) in [7, 11) is 3.36. The zero-order chi connectivity index (χ0) is 10.0. The van der Waals surface area contributed by atoms with E-state index >= 15 is 0 Å². The van der Waals surface area contributed by atoms with Gasteiger partial charge in [0.2, 0.25) is 5.91 Å². The van der Waals surface area contributed by atoms with Crippen molar-refractivity contribution in [1.29, 1.82) is 0 Å². The second-order valence-electron chi connectivity index (χ2n) is 3.30. The topological polar surface area (TPSA) is 43.9 Å². The van der Waals surface area contributed by atoms with Gasteiger partial charge in [-0.15, -0.1) is 0 Å². The minimum absolute atomic E-state index is 0.0762. The van der Waals surface area contributed by atoms with Gasteiger partial charge in [-0.1, -0.05) is 0 Å². The van der Waals surface area contributed by atoms with E-state index in [9.17, 15) is 9.59 Å². The molecule has 1 heterocycles. The lowest BCUT2D eigenvalue weighted by molar-refractivity contribution is -0.138. The first-order valence-electron chi connectivity index (χ1n) is 4.31. The van der Waals surface area contributed by atoms with E-state index < -0.39 is 0 Å². The van der Waals surface area contributed by atoms with Gasteiger partial charge in [-0.25, -0.2) is 9.80 Å². The van der Waals surface area contributed by atoms with Crippen LogP contribution in [-0.4, -0.2) is 54.0 Å². The van der Waals surface area contributed by atoms with Crippen LogP contribution in [0.25, 0.3) is 0 Å². The number of nitrogens with zero attached hydrogens (tertiary/aromatic N) is 3. The Hall–Kier alpha value is -1.26. The molecule has 3 amide bonds. The molecule has 0 atom stereocenters. The Labute approximate surface area is 77.9 Å². The molecule has 0 aromatic carbocycles. The molecule has 0 aromatic rings. The first kappa shape index (κ1) is 9.83. The van der Waals surface area contributed by atoms with E-state index in [1.165, 1.54) is 21.8 Å². The van der Waals surface area contributed by atoms with Gasteiger partial charge in [0, 0.05) is 34.1 Å². The molecule has 0 unspecified atom stereocenters. The summed E-state index contributed by atoms with van der Waals surface area (Å²) in [5, 5.41) is 2.98. The molecule has 13 heavy (non-hydrogen) atoms. The van der Waals surface area contributed by atoms with E-state index in [4.69, 9.17) is 0 Å². The van der Waals surface area contributed by atoms with Crippen LogP contribution in [-0.2, 0) is 4.79 Å². The molecule has 1 fully saturated rings. The van der Waals surface area contributed by atoms with Crippen molar-refractivity contribution in [3.8, 4) is 0 Å². The molecule has 0 aliphatic carbocycles. The van der Waals surface area contributed by atoms with Crippen molar-refractivity contribution in [2.45, 2.75) is 13.3 Å². The highest BCUT2D eigenvalue weighted by Crippen LogP contribution is 2.11. The number of hydrogen-bond donors (Lipinski definition) is 0. The molecule has 0 radical (unpaired) electrons. The molecule has 1 aliphatic rings. The molecule has 5 heteroatoms. The van der Waals surface area contributed by atoms with Crippen molar-refractivity contribution in [2.24, 2.45) is 0 Å². The summed E-state index contributed by atoms with van der Waals surface area (Å²) in [6, 6.07) is -0.132. The third-order valence-electron chi connectivity index (χ3n) is 2.00. The molecule has 0 aromatic heterocycles. The van der Waals surface area contributed by atoms with Crippen LogP contribution in [0.15, 0.2) is 0 Å². The number of hydrogen-bond acceptors (Lipinski definition) is 2. The lowest BCUT2D eigenvalue weighted by atomic mass is 10.4. The Morgan fingerprint density at radius 1 is 1.15 bits per heavy atom. The van der Waals surface area contributed by atoms with E-state index in [1.54, 1.807) is 14.1 Å². The summed E-state index contributed by atoms with van der Waals surface area (Å²) in [4.78, 5) is 24.1. The van der Waals surface area contributed by atoms with Gasteiger partial charge in [0.05, 0.1) is 0 Å². The highest BCUT2D eigenvalue weighted by Gasteiger charge is 2.29. The van der Waals surface area contributed by atoms with Crippen molar-refractivity contribution >= 4 is 11.9 Å². The van der Waals surface area contributed by atoms with Crippen molar-refractivity contribution < 1.29 is 9.59 Å². The van der Waals surface area contributed by atoms with Crippen LogP contribution in [0.2, 0.25) is 0 Å². The van der Waals surface area contributed by atoms with Gasteiger partial charge >= 0.3 is 6.03 Å². The summed E-state index contributed by atoms with van der Waals surface area (Å²) >= 11 is 0. The second kappa shape index (κ2) is 3.64. The van der Waals surface area contributed by atoms with E-state index in [1.807, 2.05) is 0 Å². The normalized spacial score (nSPS) is 16.2. The Balaban J connectivity index is 2.68. The summed E-state index contributed by atoms with van der Waals surface area (Å²) in [6.07, 6.45) is 0.860. The summed E-state index contributed by atoms with van der Waals surface area (Å²) in [6.45, 7) is 2.76. The van der Waals surface area contributed by atoms with Gasteiger partial charge in [0.1, 0.15) is 0 Å². The van der Waals surface area contributed by atoms with Crippen LogP contribution in [0.4, 0.5) is 4.79 Å². The fourth-order valence-corrected chi connectivity index (χ4v) is 1.37. The summed E-state index contributed by atoms with van der Waals surface area (Å²) in [5.74, 6) is -0.0762. The number of amides is 3. The molecule has 0 bridgehead atoms. The number of urea groups is 1. The van der Waals surface area contributed by atoms with E-state index in [2.05, 4.69) is 0 Å². The van der Waals surface area contributed by atoms with Gasteiger partial charge in [0.25, 0.3) is 0 Å². The molecular formula is C8H15N3O2. The maximum atomic E-state index is 11.5. The van der Waals surface area contributed by atoms with Crippen LogP contribution in [0.1, 0.15) is 13.3 Å². The van der Waals surface area contributed by atoms with Gasteiger partial charge in [-0.3, -0.25) is 9.80 Å². The average molecular weight is 185 g/mol. The maximum Gasteiger partial charge on any atom is 0.338 e. The van der Waals surface area contributed by atoms with Gasteiger partial charge < -0.3 is 4.90 Å². The molecule has 1 saturated heterocycles. The van der Waals surface area contributed by atoms with E-state index in [0.717, 1.165) is 6.42 Å². The Kier molecular flexibility index (Phi) is 2.75. The van der Waals surface area contributed by atoms with Crippen LogP contribution >= 0.6 is 0 Å². The van der Waals surface area contributed by atoms with Gasteiger partial charge in [-0.05, 0) is 6.42 Å². The van der Waals surface area contributed by atoms with Crippen LogP contribution < -0.4 is 0 Å². The molecule has 0 saturated carbocycles. The second-order valence-corrected chi connectivity index (χ2v) is 3.30. The van der Waals surface area contributed by atoms with Crippen molar-refractivity contribution in [1.82, 2.24) is 14.9 Å². The zero-order valence-electron chi connectivity index (χ0n) is 8.28. The fraction of sp³-hybridized carbons (Fsp3) is 0.750. The third kappa shape index (κ3) is 1.91. The molecule has 0 spiro atoms. The molecule has 5 nitrogen and oxygen atoms in total. The Morgan fingerprint density at radius 3 is 2.15 bits per heavy atom. The monoisotopic (exact) mass is 185 g/mol. The third-order valence-corrected chi connectivity index (χ3v) is 2.00. The predicted octanol–water partition coefficient (Wildman–Crippen LogP) is 0.137.